The highest BCUT2D eigenvalue weighted by Gasteiger charge is 2.13. The Balaban J connectivity index is 3.94. The zero-order valence-electron chi connectivity index (χ0n) is 13.1. The Kier molecular flexibility index (Phi) is 10.8. The van der Waals surface area contributed by atoms with E-state index >= 15 is 0 Å². The van der Waals surface area contributed by atoms with Crippen molar-refractivity contribution >= 4 is 5.91 Å². The van der Waals surface area contributed by atoms with E-state index in [1.807, 2.05) is 0 Å². The molecule has 0 rings (SSSR count). The fraction of sp³-hybridized carbons (Fsp3) is 0.929. The summed E-state index contributed by atoms with van der Waals surface area (Å²) in [5, 5.41) is 0. The highest BCUT2D eigenvalue weighted by atomic mass is 16.2. The fourth-order valence-electron chi connectivity index (χ4n) is 2.32. The lowest BCUT2D eigenvalue weighted by atomic mass is 10.1. The van der Waals surface area contributed by atoms with Gasteiger partial charge in [0.05, 0.1) is 0 Å². The van der Waals surface area contributed by atoms with Crippen LogP contribution in [0, 0.1) is 0 Å². The van der Waals surface area contributed by atoms with Crippen molar-refractivity contribution in [3.63, 3.8) is 0 Å². The lowest BCUT2D eigenvalue weighted by Gasteiger charge is -2.28. The highest BCUT2D eigenvalue weighted by molar-refractivity contribution is 5.75. The number of nitrogens with zero attached hydrogens (tertiary/aromatic N) is 2. The van der Waals surface area contributed by atoms with Crippen LogP contribution in [0.2, 0.25) is 0 Å². The molecule has 1 amide bonds. The summed E-state index contributed by atoms with van der Waals surface area (Å²) in [6.07, 6.45) is 2.55. The number of amides is 1. The zero-order valence-corrected chi connectivity index (χ0v) is 13.1. The molecule has 0 spiro atoms. The molecule has 0 aromatic rings. The summed E-state index contributed by atoms with van der Waals surface area (Å²) >= 11 is 0. The lowest BCUT2D eigenvalue weighted by molar-refractivity contribution is -0.121. The van der Waals surface area contributed by atoms with Crippen LogP contribution in [-0.2, 0) is 4.79 Å². The first-order chi connectivity index (χ1) is 9.08. The molecule has 0 fully saturated rings. The molecule has 0 saturated heterocycles. The molecule has 0 saturated carbocycles. The second-order valence-electron chi connectivity index (χ2n) is 4.96. The minimum atomic E-state index is -0.0777. The van der Waals surface area contributed by atoms with Gasteiger partial charge < -0.3 is 9.80 Å². The molecule has 1 atom stereocenters. The molecule has 5 heteroatoms. The normalized spacial score (nSPS) is 13.0. The number of carbonyl (C=O) groups excluding carboxylic acids is 1. The molecular weight excluding hydrogens is 240 g/mol. The van der Waals surface area contributed by atoms with Gasteiger partial charge in [-0.3, -0.25) is 10.2 Å². The van der Waals surface area contributed by atoms with Crippen molar-refractivity contribution in [2.75, 3.05) is 32.7 Å². The van der Waals surface area contributed by atoms with Gasteiger partial charge in [-0.1, -0.05) is 20.8 Å². The summed E-state index contributed by atoms with van der Waals surface area (Å²) in [5.74, 6) is 5.01. The predicted octanol–water partition coefficient (Wildman–Crippen LogP) is 1.20. The van der Waals surface area contributed by atoms with E-state index in [0.29, 0.717) is 12.5 Å². The van der Waals surface area contributed by atoms with E-state index in [4.69, 9.17) is 5.84 Å². The Hall–Kier alpha value is -0.650. The fourth-order valence-corrected chi connectivity index (χ4v) is 2.32. The minimum absolute atomic E-state index is 0.0777. The second-order valence-corrected chi connectivity index (χ2v) is 4.96. The molecule has 114 valence electrons. The van der Waals surface area contributed by atoms with Crippen molar-refractivity contribution in [2.24, 2.45) is 5.84 Å². The van der Waals surface area contributed by atoms with Gasteiger partial charge in [-0.05, 0) is 52.5 Å². The summed E-state index contributed by atoms with van der Waals surface area (Å²) < 4.78 is 0. The lowest BCUT2D eigenvalue weighted by Crippen LogP contribution is -2.37. The first kappa shape index (κ1) is 18.4. The average Bonchev–Trinajstić information content (AvgIpc) is 2.44. The van der Waals surface area contributed by atoms with Gasteiger partial charge in [0, 0.05) is 12.5 Å². The Bertz CT molecular complexity index is 231. The van der Waals surface area contributed by atoms with Crippen molar-refractivity contribution in [3.05, 3.63) is 0 Å². The monoisotopic (exact) mass is 272 g/mol. The molecular formula is C14H32N4O. The molecule has 0 radical (unpaired) electrons. The van der Waals surface area contributed by atoms with Gasteiger partial charge in [-0.25, -0.2) is 5.84 Å². The van der Waals surface area contributed by atoms with Crippen LogP contribution in [0.3, 0.4) is 0 Å². The third-order valence-electron chi connectivity index (χ3n) is 3.79. The molecule has 0 aliphatic carbocycles. The third kappa shape index (κ3) is 8.18. The Morgan fingerprint density at radius 1 is 1.16 bits per heavy atom. The van der Waals surface area contributed by atoms with Crippen molar-refractivity contribution in [1.82, 2.24) is 15.2 Å². The molecule has 0 heterocycles. The zero-order chi connectivity index (χ0) is 14.7. The van der Waals surface area contributed by atoms with E-state index in [2.05, 4.69) is 42.9 Å². The summed E-state index contributed by atoms with van der Waals surface area (Å²) in [4.78, 5) is 16.0. The van der Waals surface area contributed by atoms with Crippen LogP contribution < -0.4 is 11.3 Å². The van der Waals surface area contributed by atoms with Crippen LogP contribution >= 0.6 is 0 Å². The van der Waals surface area contributed by atoms with Crippen molar-refractivity contribution < 1.29 is 4.79 Å². The van der Waals surface area contributed by atoms with Gasteiger partial charge in [0.1, 0.15) is 0 Å². The summed E-state index contributed by atoms with van der Waals surface area (Å²) in [7, 11) is 0. The van der Waals surface area contributed by atoms with E-state index in [-0.39, 0.29) is 5.91 Å². The average molecular weight is 272 g/mol. The molecule has 0 aliphatic heterocycles. The maximum atomic E-state index is 11.1. The van der Waals surface area contributed by atoms with E-state index in [1.54, 1.807) is 0 Å². The van der Waals surface area contributed by atoms with Crippen LogP contribution in [0.4, 0.5) is 0 Å². The van der Waals surface area contributed by atoms with Crippen LogP contribution in [0.25, 0.3) is 0 Å². The predicted molar refractivity (Wildman–Crippen MR) is 80.7 cm³/mol. The van der Waals surface area contributed by atoms with E-state index < -0.39 is 0 Å². The molecule has 0 aliphatic rings. The van der Waals surface area contributed by atoms with Crippen molar-refractivity contribution in [1.29, 1.82) is 0 Å². The van der Waals surface area contributed by atoms with Crippen molar-refractivity contribution in [3.8, 4) is 0 Å². The summed E-state index contributed by atoms with van der Waals surface area (Å²) in [6.45, 7) is 14.3. The Morgan fingerprint density at radius 2 is 1.79 bits per heavy atom. The summed E-state index contributed by atoms with van der Waals surface area (Å²) in [5.41, 5.74) is 2.19. The number of hydrogen-bond donors (Lipinski definition) is 2. The minimum Gasteiger partial charge on any atom is -0.304 e. The Labute approximate surface area is 118 Å². The number of hydrogen-bond acceptors (Lipinski definition) is 4. The van der Waals surface area contributed by atoms with Gasteiger partial charge in [-0.15, -0.1) is 0 Å². The van der Waals surface area contributed by atoms with Gasteiger partial charge in [0.15, 0.2) is 0 Å². The summed E-state index contributed by atoms with van der Waals surface area (Å²) in [6, 6.07) is 0.430. The first-order valence-corrected chi connectivity index (χ1v) is 7.54. The van der Waals surface area contributed by atoms with Crippen molar-refractivity contribution in [2.45, 2.75) is 53.0 Å². The molecule has 0 aromatic carbocycles. The maximum absolute atomic E-state index is 11.1. The number of carbonyl (C=O) groups is 1. The third-order valence-corrected chi connectivity index (χ3v) is 3.79. The molecule has 0 aromatic heterocycles. The number of nitrogens with two attached hydrogens (primary N) is 1. The van der Waals surface area contributed by atoms with Gasteiger partial charge in [0.2, 0.25) is 5.91 Å². The molecule has 3 N–H and O–H groups in total. The van der Waals surface area contributed by atoms with Gasteiger partial charge >= 0.3 is 0 Å². The number of rotatable bonds is 11. The number of hydrazine groups is 1. The smallest absolute Gasteiger partial charge is 0.233 e. The SMILES string of the molecule is CCN(CC)CCCN(CC)C(C)CCC(=O)NN. The van der Waals surface area contributed by atoms with Gasteiger partial charge in [0.25, 0.3) is 0 Å². The molecule has 0 bridgehead atoms. The topological polar surface area (TPSA) is 61.6 Å². The first-order valence-electron chi connectivity index (χ1n) is 7.54. The molecule has 5 nitrogen and oxygen atoms in total. The number of nitrogens with one attached hydrogen (secondary N) is 1. The van der Waals surface area contributed by atoms with Crippen LogP contribution in [-0.4, -0.2) is 54.5 Å². The van der Waals surface area contributed by atoms with Crippen LogP contribution in [0.1, 0.15) is 47.0 Å². The van der Waals surface area contributed by atoms with E-state index in [9.17, 15) is 4.79 Å². The quantitative estimate of drug-likeness (QED) is 0.337. The van der Waals surface area contributed by atoms with Gasteiger partial charge in [-0.2, -0.15) is 0 Å². The highest BCUT2D eigenvalue weighted by Crippen LogP contribution is 2.07. The maximum Gasteiger partial charge on any atom is 0.233 e. The van der Waals surface area contributed by atoms with Crippen LogP contribution in [0.15, 0.2) is 0 Å². The van der Waals surface area contributed by atoms with E-state index in [0.717, 1.165) is 39.1 Å². The van der Waals surface area contributed by atoms with E-state index in [1.165, 1.54) is 6.42 Å². The standard InChI is InChI=1S/C14H32N4O/c1-5-17(6-2)11-8-12-18(7-3)13(4)9-10-14(19)16-15/h13H,5-12,15H2,1-4H3,(H,16,19). The molecule has 1 unspecified atom stereocenters. The second kappa shape index (κ2) is 11.2. The largest absolute Gasteiger partial charge is 0.304 e. The Morgan fingerprint density at radius 3 is 2.26 bits per heavy atom. The molecule has 19 heavy (non-hydrogen) atoms. The van der Waals surface area contributed by atoms with Crippen LogP contribution in [0.5, 0.6) is 0 Å².